The smallest absolute Gasteiger partial charge is 0.0388 e. The van der Waals surface area contributed by atoms with Crippen LogP contribution in [0.2, 0.25) is 0 Å². The molecule has 0 spiro atoms. The van der Waals surface area contributed by atoms with Gasteiger partial charge in [0.25, 0.3) is 0 Å². The second kappa shape index (κ2) is 5.78. The number of hydrogen-bond donors (Lipinski definition) is 1. The van der Waals surface area contributed by atoms with Gasteiger partial charge in [0, 0.05) is 22.3 Å². The van der Waals surface area contributed by atoms with Crippen molar-refractivity contribution in [2.75, 3.05) is 0 Å². The maximum atomic E-state index is 3.60. The van der Waals surface area contributed by atoms with Gasteiger partial charge in [0.2, 0.25) is 0 Å². The average Bonchev–Trinajstić information content (AvgIpc) is 2.91. The highest BCUT2D eigenvalue weighted by Crippen LogP contribution is 2.23. The summed E-state index contributed by atoms with van der Waals surface area (Å²) in [5.74, 6) is 0. The summed E-state index contributed by atoms with van der Waals surface area (Å²) in [6, 6.07) is 20.0. The highest BCUT2D eigenvalue weighted by atomic mass is 32.1. The van der Waals surface area contributed by atoms with E-state index < -0.39 is 0 Å². The van der Waals surface area contributed by atoms with E-state index in [9.17, 15) is 0 Å². The SMILES string of the molecule is Cc1ccc(C(C)NCc2ccc3ccccc3c2)s1. The molecule has 1 atom stereocenters. The minimum Gasteiger partial charge on any atom is -0.305 e. The maximum Gasteiger partial charge on any atom is 0.0388 e. The summed E-state index contributed by atoms with van der Waals surface area (Å²) in [6.45, 7) is 5.29. The zero-order chi connectivity index (χ0) is 13.9. The molecular weight excluding hydrogens is 262 g/mol. The van der Waals surface area contributed by atoms with Gasteiger partial charge in [-0.1, -0.05) is 36.4 Å². The number of fused-ring (bicyclic) bond motifs is 1. The number of thiophene rings is 1. The number of nitrogens with one attached hydrogen (secondary N) is 1. The van der Waals surface area contributed by atoms with Gasteiger partial charge in [0.1, 0.15) is 0 Å². The standard InChI is InChI=1S/C18H19NS/c1-13-7-10-18(20-13)14(2)19-12-15-8-9-16-5-3-4-6-17(16)11-15/h3-11,14,19H,12H2,1-2H3. The van der Waals surface area contributed by atoms with Gasteiger partial charge in [0.05, 0.1) is 0 Å². The molecule has 0 fully saturated rings. The normalized spacial score (nSPS) is 12.7. The molecule has 0 aliphatic carbocycles. The Balaban J connectivity index is 1.70. The lowest BCUT2D eigenvalue weighted by molar-refractivity contribution is 0.583. The van der Waals surface area contributed by atoms with Crippen LogP contribution in [-0.2, 0) is 6.54 Å². The molecule has 0 aliphatic rings. The molecule has 2 heteroatoms. The minimum absolute atomic E-state index is 0.403. The van der Waals surface area contributed by atoms with Crippen LogP contribution in [0.25, 0.3) is 10.8 Å². The summed E-state index contributed by atoms with van der Waals surface area (Å²) in [4.78, 5) is 2.78. The van der Waals surface area contributed by atoms with E-state index in [0.717, 1.165) is 6.54 Å². The van der Waals surface area contributed by atoms with E-state index in [4.69, 9.17) is 0 Å². The van der Waals surface area contributed by atoms with E-state index in [-0.39, 0.29) is 0 Å². The first kappa shape index (κ1) is 13.3. The van der Waals surface area contributed by atoms with Crippen molar-refractivity contribution < 1.29 is 0 Å². The van der Waals surface area contributed by atoms with Gasteiger partial charge >= 0.3 is 0 Å². The maximum absolute atomic E-state index is 3.60. The van der Waals surface area contributed by atoms with Crippen LogP contribution in [0.4, 0.5) is 0 Å². The number of hydrogen-bond acceptors (Lipinski definition) is 2. The molecule has 1 nitrogen and oxygen atoms in total. The quantitative estimate of drug-likeness (QED) is 0.704. The zero-order valence-electron chi connectivity index (χ0n) is 11.9. The molecule has 1 aromatic heterocycles. The Hall–Kier alpha value is -1.64. The lowest BCUT2D eigenvalue weighted by Gasteiger charge is -2.12. The number of aryl methyl sites for hydroxylation is 1. The van der Waals surface area contributed by atoms with E-state index in [0.29, 0.717) is 6.04 Å². The topological polar surface area (TPSA) is 12.0 Å². The lowest BCUT2D eigenvalue weighted by Crippen LogP contribution is -2.17. The predicted octanol–water partition coefficient (Wildman–Crippen LogP) is 5.06. The van der Waals surface area contributed by atoms with Gasteiger partial charge in [-0.3, -0.25) is 0 Å². The van der Waals surface area contributed by atoms with Crippen molar-refractivity contribution in [2.24, 2.45) is 0 Å². The van der Waals surface area contributed by atoms with Crippen LogP contribution in [0.5, 0.6) is 0 Å². The van der Waals surface area contributed by atoms with E-state index >= 15 is 0 Å². The molecule has 102 valence electrons. The average molecular weight is 281 g/mol. The Labute approximate surface area is 124 Å². The number of rotatable bonds is 4. The first-order valence-electron chi connectivity index (χ1n) is 7.00. The van der Waals surface area contributed by atoms with Crippen molar-refractivity contribution in [3.8, 4) is 0 Å². The first-order valence-corrected chi connectivity index (χ1v) is 7.81. The van der Waals surface area contributed by atoms with Gasteiger partial charge in [-0.05, 0) is 48.4 Å². The Morgan fingerprint density at radius 2 is 1.80 bits per heavy atom. The van der Waals surface area contributed by atoms with Crippen LogP contribution in [0, 0.1) is 6.92 Å². The largest absolute Gasteiger partial charge is 0.305 e. The molecule has 1 N–H and O–H groups in total. The van der Waals surface area contributed by atoms with Crippen LogP contribution in [-0.4, -0.2) is 0 Å². The fourth-order valence-electron chi connectivity index (χ4n) is 2.41. The van der Waals surface area contributed by atoms with Gasteiger partial charge in [0.15, 0.2) is 0 Å². The van der Waals surface area contributed by atoms with Gasteiger partial charge in [-0.25, -0.2) is 0 Å². The minimum atomic E-state index is 0.403. The lowest BCUT2D eigenvalue weighted by atomic mass is 10.1. The summed E-state index contributed by atoms with van der Waals surface area (Å²) in [5.41, 5.74) is 1.34. The van der Waals surface area contributed by atoms with Crippen molar-refractivity contribution in [3.05, 3.63) is 69.9 Å². The molecule has 0 saturated carbocycles. The van der Waals surface area contributed by atoms with Gasteiger partial charge in [-0.15, -0.1) is 11.3 Å². The summed E-state index contributed by atoms with van der Waals surface area (Å²) >= 11 is 1.87. The fraction of sp³-hybridized carbons (Fsp3) is 0.222. The second-order valence-electron chi connectivity index (χ2n) is 5.23. The Morgan fingerprint density at radius 3 is 2.55 bits per heavy atom. The highest BCUT2D eigenvalue weighted by Gasteiger charge is 2.07. The van der Waals surface area contributed by atoms with E-state index in [1.807, 2.05) is 11.3 Å². The zero-order valence-corrected chi connectivity index (χ0v) is 12.7. The Morgan fingerprint density at radius 1 is 1.00 bits per heavy atom. The van der Waals surface area contributed by atoms with Crippen LogP contribution < -0.4 is 5.32 Å². The molecule has 20 heavy (non-hydrogen) atoms. The molecule has 0 saturated heterocycles. The van der Waals surface area contributed by atoms with Crippen molar-refractivity contribution in [3.63, 3.8) is 0 Å². The second-order valence-corrected chi connectivity index (χ2v) is 6.55. The first-order chi connectivity index (χ1) is 9.72. The molecular formula is C18H19NS. The van der Waals surface area contributed by atoms with Gasteiger partial charge in [-0.2, -0.15) is 0 Å². The molecule has 0 amide bonds. The third-order valence-corrected chi connectivity index (χ3v) is 4.80. The van der Waals surface area contributed by atoms with Crippen molar-refractivity contribution in [1.29, 1.82) is 0 Å². The highest BCUT2D eigenvalue weighted by molar-refractivity contribution is 7.12. The molecule has 3 rings (SSSR count). The monoisotopic (exact) mass is 281 g/mol. The van der Waals surface area contributed by atoms with Crippen molar-refractivity contribution in [2.45, 2.75) is 26.4 Å². The van der Waals surface area contributed by atoms with Crippen LogP contribution in [0.15, 0.2) is 54.6 Å². The third kappa shape index (κ3) is 2.92. The van der Waals surface area contributed by atoms with E-state index in [2.05, 4.69) is 73.8 Å². The molecule has 1 heterocycles. The van der Waals surface area contributed by atoms with Gasteiger partial charge < -0.3 is 5.32 Å². The number of benzene rings is 2. The van der Waals surface area contributed by atoms with Crippen LogP contribution >= 0.6 is 11.3 Å². The molecule has 0 bridgehead atoms. The Bertz CT molecular complexity index is 714. The van der Waals surface area contributed by atoms with Crippen LogP contribution in [0.3, 0.4) is 0 Å². The summed E-state index contributed by atoms with van der Waals surface area (Å²) < 4.78 is 0. The van der Waals surface area contributed by atoms with E-state index in [1.54, 1.807) is 0 Å². The summed E-state index contributed by atoms with van der Waals surface area (Å²) in [5, 5.41) is 6.22. The summed E-state index contributed by atoms with van der Waals surface area (Å²) in [6.07, 6.45) is 0. The summed E-state index contributed by atoms with van der Waals surface area (Å²) in [7, 11) is 0. The molecule has 3 aromatic rings. The molecule has 0 aliphatic heterocycles. The molecule has 2 aromatic carbocycles. The van der Waals surface area contributed by atoms with Crippen LogP contribution in [0.1, 0.15) is 28.3 Å². The van der Waals surface area contributed by atoms with E-state index in [1.165, 1.54) is 26.1 Å². The fourth-order valence-corrected chi connectivity index (χ4v) is 3.31. The predicted molar refractivity (Wildman–Crippen MR) is 88.3 cm³/mol. The Kier molecular flexibility index (Phi) is 3.86. The molecule has 0 radical (unpaired) electrons. The third-order valence-electron chi connectivity index (χ3n) is 3.61. The molecule has 1 unspecified atom stereocenters. The van der Waals surface area contributed by atoms with Crippen molar-refractivity contribution >= 4 is 22.1 Å². The van der Waals surface area contributed by atoms with Crippen molar-refractivity contribution in [1.82, 2.24) is 5.32 Å².